The lowest BCUT2D eigenvalue weighted by atomic mass is 10.1. The normalized spacial score (nSPS) is 13.6. The maximum atomic E-state index is 12.1. The quantitative estimate of drug-likeness (QED) is 0.499. The Morgan fingerprint density at radius 1 is 1.25 bits per heavy atom. The highest BCUT2D eigenvalue weighted by Gasteiger charge is 2.33. The molecule has 0 aliphatic carbocycles. The van der Waals surface area contributed by atoms with Crippen LogP contribution >= 0.6 is 0 Å². The number of hydrogen-bond acceptors (Lipinski definition) is 2. The fraction of sp³-hybridized carbons (Fsp3) is 0.909. The molecule has 0 unspecified atom stereocenters. The van der Waals surface area contributed by atoms with Crippen molar-refractivity contribution in [1.29, 1.82) is 0 Å². The molecule has 0 aromatic heterocycles. The molecule has 96 valence electrons. The largest absolute Gasteiger partial charge is 0.462 e. The fourth-order valence-electron chi connectivity index (χ4n) is 1.49. The minimum Gasteiger partial charge on any atom is -0.462 e. The van der Waals surface area contributed by atoms with Crippen LogP contribution in [0.5, 0.6) is 0 Å². The van der Waals surface area contributed by atoms with Crippen LogP contribution in [-0.4, -0.2) is 18.2 Å². The Bertz CT molecular complexity index is 202. The average molecular weight is 240 g/mol. The van der Waals surface area contributed by atoms with Crippen molar-refractivity contribution in [3.05, 3.63) is 0 Å². The Labute approximate surface area is 94.2 Å². The monoisotopic (exact) mass is 240 g/mol. The van der Waals surface area contributed by atoms with Crippen LogP contribution < -0.4 is 0 Å². The van der Waals surface area contributed by atoms with E-state index in [4.69, 9.17) is 0 Å². The third-order valence-electron chi connectivity index (χ3n) is 2.17. The van der Waals surface area contributed by atoms with Gasteiger partial charge in [0.2, 0.25) is 0 Å². The van der Waals surface area contributed by atoms with Gasteiger partial charge in [-0.2, -0.15) is 13.2 Å². The Morgan fingerprint density at radius 2 is 1.88 bits per heavy atom. The van der Waals surface area contributed by atoms with Gasteiger partial charge >= 0.3 is 12.1 Å². The third kappa shape index (κ3) is 9.80. The van der Waals surface area contributed by atoms with Gasteiger partial charge in [0.1, 0.15) is 6.10 Å². The van der Waals surface area contributed by atoms with Crippen molar-refractivity contribution in [2.45, 2.75) is 64.7 Å². The first-order valence-corrected chi connectivity index (χ1v) is 5.59. The molecular formula is C11H19F3O2. The second-order valence-electron chi connectivity index (χ2n) is 3.90. The Kier molecular flexibility index (Phi) is 7.17. The number of halogens is 3. The van der Waals surface area contributed by atoms with Crippen molar-refractivity contribution in [2.24, 2.45) is 0 Å². The van der Waals surface area contributed by atoms with E-state index in [2.05, 4.69) is 4.74 Å². The lowest BCUT2D eigenvalue weighted by molar-refractivity contribution is -0.171. The van der Waals surface area contributed by atoms with Crippen LogP contribution in [0, 0.1) is 0 Å². The van der Waals surface area contributed by atoms with Crippen LogP contribution in [0.15, 0.2) is 0 Å². The molecule has 0 amide bonds. The summed E-state index contributed by atoms with van der Waals surface area (Å²) in [6, 6.07) is 0. The van der Waals surface area contributed by atoms with Gasteiger partial charge in [-0.3, -0.25) is 4.79 Å². The first-order valence-electron chi connectivity index (χ1n) is 5.59. The van der Waals surface area contributed by atoms with Crippen molar-refractivity contribution in [3.63, 3.8) is 0 Å². The molecule has 0 aromatic carbocycles. The Hall–Kier alpha value is -0.740. The second kappa shape index (κ2) is 7.52. The number of carbonyl (C=O) groups excluding carboxylic acids is 1. The van der Waals surface area contributed by atoms with Crippen molar-refractivity contribution in [1.82, 2.24) is 0 Å². The first-order chi connectivity index (χ1) is 7.35. The van der Waals surface area contributed by atoms with Crippen LogP contribution in [0.25, 0.3) is 0 Å². The van der Waals surface area contributed by atoms with Crippen LogP contribution in [0.1, 0.15) is 52.4 Å². The summed E-state index contributed by atoms with van der Waals surface area (Å²) in [7, 11) is 0. The summed E-state index contributed by atoms with van der Waals surface area (Å²) in [5.41, 5.74) is 0. The number of ether oxygens (including phenoxy) is 1. The summed E-state index contributed by atoms with van der Waals surface area (Å²) in [5.74, 6) is -0.648. The maximum Gasteiger partial charge on any atom is 0.392 e. The molecular weight excluding hydrogens is 221 g/mol. The van der Waals surface area contributed by atoms with Crippen LogP contribution in [0.2, 0.25) is 0 Å². The van der Waals surface area contributed by atoms with Crippen molar-refractivity contribution in [3.8, 4) is 0 Å². The van der Waals surface area contributed by atoms with Crippen molar-refractivity contribution in [2.75, 3.05) is 0 Å². The molecule has 0 saturated carbocycles. The van der Waals surface area contributed by atoms with Crippen LogP contribution in [-0.2, 0) is 9.53 Å². The van der Waals surface area contributed by atoms with Gasteiger partial charge in [0.15, 0.2) is 0 Å². The van der Waals surface area contributed by atoms with E-state index in [9.17, 15) is 18.0 Å². The molecule has 0 aliphatic heterocycles. The van der Waals surface area contributed by atoms with Gasteiger partial charge in [-0.1, -0.05) is 26.2 Å². The van der Waals surface area contributed by atoms with E-state index < -0.39 is 24.7 Å². The molecule has 0 rings (SSSR count). The van der Waals surface area contributed by atoms with Crippen LogP contribution in [0.3, 0.4) is 0 Å². The van der Waals surface area contributed by atoms with Gasteiger partial charge in [-0.25, -0.2) is 0 Å². The molecule has 0 bridgehead atoms. The van der Waals surface area contributed by atoms with E-state index in [0.717, 1.165) is 26.2 Å². The van der Waals surface area contributed by atoms with E-state index in [1.165, 1.54) is 0 Å². The molecule has 0 spiro atoms. The van der Waals surface area contributed by atoms with E-state index in [0.29, 0.717) is 12.8 Å². The lowest BCUT2D eigenvalue weighted by Gasteiger charge is -2.18. The molecule has 0 saturated heterocycles. The third-order valence-corrected chi connectivity index (χ3v) is 2.17. The summed E-state index contributed by atoms with van der Waals surface area (Å²) in [5, 5.41) is 0. The molecule has 16 heavy (non-hydrogen) atoms. The zero-order valence-electron chi connectivity index (χ0n) is 9.77. The van der Waals surface area contributed by atoms with Crippen LogP contribution in [0.4, 0.5) is 13.2 Å². The zero-order valence-corrected chi connectivity index (χ0v) is 9.77. The van der Waals surface area contributed by atoms with Gasteiger partial charge in [0.05, 0.1) is 6.42 Å². The predicted octanol–water partition coefficient (Wildman–Crippen LogP) is 3.84. The molecule has 0 heterocycles. The molecule has 2 nitrogen and oxygen atoms in total. The van der Waals surface area contributed by atoms with E-state index >= 15 is 0 Å². The van der Waals surface area contributed by atoms with Gasteiger partial charge in [-0.05, 0) is 12.8 Å². The summed E-state index contributed by atoms with van der Waals surface area (Å²) >= 11 is 0. The molecule has 1 atom stereocenters. The number of carbonyl (C=O) groups is 1. The highest BCUT2D eigenvalue weighted by Crippen LogP contribution is 2.25. The first kappa shape index (κ1) is 15.3. The van der Waals surface area contributed by atoms with Crippen molar-refractivity contribution < 1.29 is 22.7 Å². The summed E-state index contributed by atoms with van der Waals surface area (Å²) < 4.78 is 41.1. The van der Waals surface area contributed by atoms with E-state index in [-0.39, 0.29) is 0 Å². The number of alkyl halides is 3. The minimum atomic E-state index is -4.27. The summed E-state index contributed by atoms with van der Waals surface area (Å²) in [6.45, 7) is 3.16. The summed E-state index contributed by atoms with van der Waals surface area (Å²) in [6.07, 6.45) is -2.47. The van der Waals surface area contributed by atoms with Gasteiger partial charge < -0.3 is 4.74 Å². The van der Waals surface area contributed by atoms with Gasteiger partial charge in [-0.15, -0.1) is 0 Å². The molecule has 0 N–H and O–H groups in total. The highest BCUT2D eigenvalue weighted by molar-refractivity contribution is 5.66. The average Bonchev–Trinajstić information content (AvgIpc) is 2.08. The molecule has 0 aromatic rings. The summed E-state index contributed by atoms with van der Waals surface area (Å²) in [4.78, 5) is 10.6. The minimum absolute atomic E-state index is 0.291. The number of hydrogen-bond donors (Lipinski definition) is 0. The number of unbranched alkanes of at least 4 members (excludes halogenated alkanes) is 3. The Morgan fingerprint density at radius 3 is 2.31 bits per heavy atom. The van der Waals surface area contributed by atoms with Crippen molar-refractivity contribution >= 4 is 5.97 Å². The van der Waals surface area contributed by atoms with E-state index in [1.54, 1.807) is 0 Å². The van der Waals surface area contributed by atoms with Gasteiger partial charge in [0.25, 0.3) is 0 Å². The molecule has 5 heteroatoms. The number of rotatable bonds is 7. The second-order valence-corrected chi connectivity index (χ2v) is 3.90. The predicted molar refractivity (Wildman–Crippen MR) is 55.0 cm³/mol. The Balaban J connectivity index is 3.96. The standard InChI is InChI=1S/C11H19F3O2/c1-3-4-5-6-7-10(16-9(2)15)8-11(12,13)14/h10H,3-8H2,1-2H3/t10-/m0/s1. The molecule has 0 aliphatic rings. The van der Waals surface area contributed by atoms with Gasteiger partial charge in [0, 0.05) is 6.92 Å². The zero-order chi connectivity index (χ0) is 12.6. The topological polar surface area (TPSA) is 26.3 Å². The highest BCUT2D eigenvalue weighted by atomic mass is 19.4. The lowest BCUT2D eigenvalue weighted by Crippen LogP contribution is -2.24. The maximum absolute atomic E-state index is 12.1. The number of esters is 1. The smallest absolute Gasteiger partial charge is 0.392 e. The molecule has 0 fully saturated rings. The SMILES string of the molecule is CCCCCC[C@@H](CC(F)(F)F)OC(C)=O. The molecule has 0 radical (unpaired) electrons. The fourth-order valence-corrected chi connectivity index (χ4v) is 1.49. The van der Waals surface area contributed by atoms with E-state index in [1.807, 2.05) is 6.92 Å².